The van der Waals surface area contributed by atoms with Gasteiger partial charge in [0.1, 0.15) is 11.3 Å². The second-order valence-electron chi connectivity index (χ2n) is 7.48. The van der Waals surface area contributed by atoms with Gasteiger partial charge in [0, 0.05) is 16.0 Å². The number of aromatic nitrogens is 1. The van der Waals surface area contributed by atoms with Crippen LogP contribution >= 0.6 is 23.2 Å². The number of rotatable bonds is 5. The third kappa shape index (κ3) is 4.41. The number of hydrogen-bond acceptors (Lipinski definition) is 5. The molecule has 6 nitrogen and oxygen atoms in total. The van der Waals surface area contributed by atoms with Crippen molar-refractivity contribution < 1.29 is 13.9 Å². The van der Waals surface area contributed by atoms with Gasteiger partial charge in [-0.15, -0.1) is 0 Å². The minimum Gasteiger partial charge on any atom is -0.495 e. The maximum absolute atomic E-state index is 12.8. The zero-order chi connectivity index (χ0) is 21.3. The molecule has 1 unspecified atom stereocenters. The first kappa shape index (κ1) is 21.0. The molecule has 0 bridgehead atoms. The van der Waals surface area contributed by atoms with Gasteiger partial charge >= 0.3 is 0 Å². The molecule has 1 saturated heterocycles. The molecule has 30 heavy (non-hydrogen) atoms. The summed E-state index contributed by atoms with van der Waals surface area (Å²) in [6.45, 7) is 3.48. The fraction of sp³-hybridized carbons (Fsp3) is 0.364. The lowest BCUT2D eigenvalue weighted by molar-refractivity contribution is -0.121. The fourth-order valence-corrected chi connectivity index (χ4v) is 4.15. The summed E-state index contributed by atoms with van der Waals surface area (Å²) in [5, 5.41) is 4.12. The van der Waals surface area contributed by atoms with Crippen LogP contribution in [0.2, 0.25) is 10.0 Å². The van der Waals surface area contributed by atoms with Crippen molar-refractivity contribution in [2.75, 3.05) is 25.5 Å². The second kappa shape index (κ2) is 8.84. The van der Waals surface area contributed by atoms with Crippen molar-refractivity contribution in [1.29, 1.82) is 0 Å². The summed E-state index contributed by atoms with van der Waals surface area (Å²) >= 11 is 12.1. The number of piperidine rings is 1. The van der Waals surface area contributed by atoms with Gasteiger partial charge in [-0.3, -0.25) is 9.69 Å². The molecular formula is C22H23Cl2N3O3. The van der Waals surface area contributed by atoms with E-state index in [4.69, 9.17) is 32.4 Å². The summed E-state index contributed by atoms with van der Waals surface area (Å²) in [6.07, 6.45) is 1.75. The molecule has 0 radical (unpaired) electrons. The Hall–Kier alpha value is -2.28. The predicted octanol–water partition coefficient (Wildman–Crippen LogP) is 5.35. The Morgan fingerprint density at radius 1 is 1.20 bits per heavy atom. The maximum atomic E-state index is 12.8. The fourth-order valence-electron chi connectivity index (χ4n) is 3.81. The van der Waals surface area contributed by atoms with Gasteiger partial charge in [-0.2, -0.15) is 0 Å². The SMILES string of the molecule is COc1ccc(Cl)cc1NC(=O)C(C)N1CCC(c2nc3cc(Cl)ccc3o2)CC1. The third-order valence-electron chi connectivity index (χ3n) is 5.59. The van der Waals surface area contributed by atoms with Crippen molar-refractivity contribution >= 4 is 45.9 Å². The normalized spacial score (nSPS) is 16.5. The van der Waals surface area contributed by atoms with E-state index in [1.807, 2.05) is 19.1 Å². The first-order chi connectivity index (χ1) is 14.4. The summed E-state index contributed by atoms with van der Waals surface area (Å²) in [4.78, 5) is 19.6. The number of ether oxygens (including phenoxy) is 1. The van der Waals surface area contributed by atoms with Crippen LogP contribution in [0.1, 0.15) is 31.6 Å². The topological polar surface area (TPSA) is 67.6 Å². The van der Waals surface area contributed by atoms with Gasteiger partial charge in [0.25, 0.3) is 0 Å². The molecule has 1 aliphatic rings. The highest BCUT2D eigenvalue weighted by Crippen LogP contribution is 2.32. The van der Waals surface area contributed by atoms with Crippen LogP contribution in [0.4, 0.5) is 5.69 Å². The second-order valence-corrected chi connectivity index (χ2v) is 8.36. The molecule has 1 atom stereocenters. The van der Waals surface area contributed by atoms with Gasteiger partial charge in [0.15, 0.2) is 11.5 Å². The quantitative estimate of drug-likeness (QED) is 0.570. The summed E-state index contributed by atoms with van der Waals surface area (Å²) in [5.41, 5.74) is 2.10. The van der Waals surface area contributed by atoms with Crippen LogP contribution in [0.5, 0.6) is 5.75 Å². The first-order valence-electron chi connectivity index (χ1n) is 9.89. The Kier molecular flexibility index (Phi) is 6.18. The van der Waals surface area contributed by atoms with E-state index in [1.54, 1.807) is 31.4 Å². The van der Waals surface area contributed by atoms with Gasteiger partial charge in [-0.25, -0.2) is 4.98 Å². The molecule has 1 N–H and O–H groups in total. The Morgan fingerprint density at radius 3 is 2.63 bits per heavy atom. The number of halogens is 2. The van der Waals surface area contributed by atoms with Crippen molar-refractivity contribution in [1.82, 2.24) is 9.88 Å². The van der Waals surface area contributed by atoms with Crippen molar-refractivity contribution in [3.63, 3.8) is 0 Å². The highest BCUT2D eigenvalue weighted by Gasteiger charge is 2.30. The maximum Gasteiger partial charge on any atom is 0.241 e. The number of oxazole rings is 1. The van der Waals surface area contributed by atoms with Gasteiger partial charge in [0.2, 0.25) is 5.91 Å². The van der Waals surface area contributed by atoms with Crippen LogP contribution in [0, 0.1) is 0 Å². The number of nitrogens with one attached hydrogen (secondary N) is 1. The smallest absolute Gasteiger partial charge is 0.241 e. The number of hydrogen-bond donors (Lipinski definition) is 1. The average Bonchev–Trinajstić information content (AvgIpc) is 3.16. The first-order valence-corrected chi connectivity index (χ1v) is 10.6. The summed E-state index contributed by atoms with van der Waals surface area (Å²) in [5.74, 6) is 1.46. The minimum atomic E-state index is -0.280. The molecule has 1 amide bonds. The average molecular weight is 448 g/mol. The molecule has 0 saturated carbocycles. The lowest BCUT2D eigenvalue weighted by Crippen LogP contribution is -2.45. The summed E-state index contributed by atoms with van der Waals surface area (Å²) in [7, 11) is 1.56. The van der Waals surface area contributed by atoms with Gasteiger partial charge in [-0.05, 0) is 69.3 Å². The van der Waals surface area contributed by atoms with E-state index in [0.717, 1.165) is 42.9 Å². The summed E-state index contributed by atoms with van der Waals surface area (Å²) in [6, 6.07) is 10.3. The molecule has 1 fully saturated rings. The molecule has 1 aromatic heterocycles. The largest absolute Gasteiger partial charge is 0.495 e. The van der Waals surface area contributed by atoms with E-state index in [9.17, 15) is 4.79 Å². The molecule has 0 spiro atoms. The number of fused-ring (bicyclic) bond motifs is 1. The van der Waals surface area contributed by atoms with Crippen molar-refractivity contribution in [2.45, 2.75) is 31.7 Å². The van der Waals surface area contributed by atoms with Crippen LogP contribution in [0.25, 0.3) is 11.1 Å². The van der Waals surface area contributed by atoms with Crippen LogP contribution < -0.4 is 10.1 Å². The molecular weight excluding hydrogens is 425 g/mol. The van der Waals surface area contributed by atoms with Gasteiger partial charge < -0.3 is 14.5 Å². The molecule has 2 heterocycles. The number of methoxy groups -OCH3 is 1. The number of likely N-dealkylation sites (tertiary alicyclic amines) is 1. The molecule has 8 heteroatoms. The molecule has 0 aliphatic carbocycles. The Bertz CT molecular complexity index is 1060. The van der Waals surface area contributed by atoms with Gasteiger partial charge in [-0.1, -0.05) is 23.2 Å². The number of anilines is 1. The van der Waals surface area contributed by atoms with E-state index in [0.29, 0.717) is 21.5 Å². The number of carbonyl (C=O) groups excluding carboxylic acids is 1. The van der Waals surface area contributed by atoms with Crippen molar-refractivity contribution in [3.8, 4) is 5.75 Å². The molecule has 158 valence electrons. The Labute approximate surface area is 185 Å². The van der Waals surface area contributed by atoms with Crippen LogP contribution in [0.15, 0.2) is 40.8 Å². The Morgan fingerprint density at radius 2 is 1.90 bits per heavy atom. The lowest BCUT2D eigenvalue weighted by Gasteiger charge is -2.34. The predicted molar refractivity (Wildman–Crippen MR) is 119 cm³/mol. The van der Waals surface area contributed by atoms with Crippen LogP contribution in [0.3, 0.4) is 0 Å². The Balaban J connectivity index is 1.38. The summed E-state index contributed by atoms with van der Waals surface area (Å²) < 4.78 is 11.2. The number of benzene rings is 2. The highest BCUT2D eigenvalue weighted by atomic mass is 35.5. The lowest BCUT2D eigenvalue weighted by atomic mass is 9.95. The molecule has 2 aromatic carbocycles. The van der Waals surface area contributed by atoms with E-state index in [-0.39, 0.29) is 17.9 Å². The molecule has 3 aromatic rings. The van der Waals surface area contributed by atoms with Crippen molar-refractivity contribution in [2.24, 2.45) is 0 Å². The van der Waals surface area contributed by atoms with E-state index in [1.165, 1.54) is 0 Å². The number of nitrogens with zero attached hydrogens (tertiary/aromatic N) is 2. The minimum absolute atomic E-state index is 0.0921. The molecule has 1 aliphatic heterocycles. The molecule has 4 rings (SSSR count). The number of amides is 1. The highest BCUT2D eigenvalue weighted by molar-refractivity contribution is 6.31. The van der Waals surface area contributed by atoms with E-state index >= 15 is 0 Å². The van der Waals surface area contributed by atoms with Crippen LogP contribution in [-0.4, -0.2) is 42.0 Å². The monoisotopic (exact) mass is 447 g/mol. The van der Waals surface area contributed by atoms with E-state index < -0.39 is 0 Å². The van der Waals surface area contributed by atoms with Gasteiger partial charge in [0.05, 0.1) is 18.8 Å². The number of carbonyl (C=O) groups is 1. The zero-order valence-corrected chi connectivity index (χ0v) is 18.3. The standard InChI is InChI=1S/C22H23Cl2N3O3/c1-13(21(28)25-17-11-15(23)3-5-19(17)29-2)27-9-7-14(8-10-27)22-26-18-12-16(24)4-6-20(18)30-22/h3-6,11-14H,7-10H2,1-2H3,(H,25,28). The zero-order valence-electron chi connectivity index (χ0n) is 16.8. The van der Waals surface area contributed by atoms with Crippen LogP contribution in [-0.2, 0) is 4.79 Å². The van der Waals surface area contributed by atoms with Crippen molar-refractivity contribution in [3.05, 3.63) is 52.3 Å². The van der Waals surface area contributed by atoms with E-state index in [2.05, 4.69) is 15.2 Å². The third-order valence-corrected chi connectivity index (χ3v) is 6.06.